The Balaban J connectivity index is 1.73. The summed E-state index contributed by atoms with van der Waals surface area (Å²) in [5.41, 5.74) is 5.83. The number of piperidine rings is 1. The van der Waals surface area contributed by atoms with Crippen molar-refractivity contribution >= 4 is 5.91 Å². The van der Waals surface area contributed by atoms with Crippen LogP contribution in [-0.2, 0) is 4.79 Å². The fraction of sp³-hybridized carbons (Fsp3) is 0.625. The van der Waals surface area contributed by atoms with Crippen LogP contribution in [-0.4, -0.2) is 41.5 Å². The Morgan fingerprint density at radius 2 is 2.43 bits per heavy atom. The first kappa shape index (κ1) is 15.8. The van der Waals surface area contributed by atoms with Gasteiger partial charge in [0.15, 0.2) is 0 Å². The fourth-order valence-corrected chi connectivity index (χ4v) is 2.91. The summed E-state index contributed by atoms with van der Waals surface area (Å²) >= 11 is 0. The molecule has 5 nitrogen and oxygen atoms in total. The first-order valence-electron chi connectivity index (χ1n) is 7.74. The zero-order valence-corrected chi connectivity index (χ0v) is 12.7. The smallest absolute Gasteiger partial charge is 0.222 e. The lowest BCUT2D eigenvalue weighted by Gasteiger charge is -2.39. The highest BCUT2D eigenvalue weighted by atomic mass is 16.5. The summed E-state index contributed by atoms with van der Waals surface area (Å²) < 4.78 is 5.56. The summed E-state index contributed by atoms with van der Waals surface area (Å²) in [4.78, 5) is 18.3. The molecule has 1 aliphatic rings. The van der Waals surface area contributed by atoms with Gasteiger partial charge in [0.1, 0.15) is 5.75 Å². The van der Waals surface area contributed by atoms with Crippen molar-refractivity contribution in [3.05, 3.63) is 24.5 Å². The molecule has 0 saturated carbocycles. The molecule has 116 valence electrons. The molecule has 1 amide bonds. The maximum absolute atomic E-state index is 12.3. The van der Waals surface area contributed by atoms with Gasteiger partial charge in [-0.05, 0) is 37.3 Å². The summed E-state index contributed by atoms with van der Waals surface area (Å²) in [6.07, 6.45) is 6.87. The van der Waals surface area contributed by atoms with Crippen molar-refractivity contribution < 1.29 is 9.53 Å². The van der Waals surface area contributed by atoms with E-state index in [-0.39, 0.29) is 11.9 Å². The second kappa shape index (κ2) is 7.98. The zero-order chi connectivity index (χ0) is 15.1. The highest BCUT2D eigenvalue weighted by Gasteiger charge is 2.30. The average molecular weight is 291 g/mol. The summed E-state index contributed by atoms with van der Waals surface area (Å²) in [6, 6.07) is 3.90. The third-order valence-corrected chi connectivity index (χ3v) is 4.12. The lowest BCUT2D eigenvalue weighted by Crippen LogP contribution is -2.51. The molecule has 1 fully saturated rings. The third-order valence-electron chi connectivity index (χ3n) is 4.12. The number of rotatable bonds is 6. The lowest BCUT2D eigenvalue weighted by molar-refractivity contribution is -0.136. The molecule has 21 heavy (non-hydrogen) atoms. The maximum Gasteiger partial charge on any atom is 0.222 e. The molecule has 5 heteroatoms. The van der Waals surface area contributed by atoms with Gasteiger partial charge in [-0.3, -0.25) is 9.78 Å². The van der Waals surface area contributed by atoms with Crippen LogP contribution in [0, 0.1) is 5.92 Å². The van der Waals surface area contributed by atoms with Gasteiger partial charge in [-0.25, -0.2) is 0 Å². The van der Waals surface area contributed by atoms with E-state index < -0.39 is 0 Å². The van der Waals surface area contributed by atoms with E-state index in [1.165, 1.54) is 0 Å². The van der Waals surface area contributed by atoms with Gasteiger partial charge < -0.3 is 15.4 Å². The Bertz CT molecular complexity index is 438. The number of nitrogens with zero attached hydrogens (tertiary/aromatic N) is 2. The third kappa shape index (κ3) is 4.43. The molecule has 2 rings (SSSR count). The van der Waals surface area contributed by atoms with Crippen LogP contribution in [0.15, 0.2) is 24.5 Å². The highest BCUT2D eigenvalue weighted by molar-refractivity contribution is 5.76. The Kier molecular flexibility index (Phi) is 5.99. The number of carbonyl (C=O) groups is 1. The van der Waals surface area contributed by atoms with E-state index in [4.69, 9.17) is 10.5 Å². The number of nitrogens with two attached hydrogens (primary N) is 1. The molecule has 1 aromatic rings. The molecule has 0 radical (unpaired) electrons. The molecule has 1 aliphatic heterocycles. The number of aromatic nitrogens is 1. The monoisotopic (exact) mass is 291 g/mol. The summed E-state index contributed by atoms with van der Waals surface area (Å²) in [6.45, 7) is 4.12. The van der Waals surface area contributed by atoms with Crippen LogP contribution in [0.2, 0.25) is 0 Å². The van der Waals surface area contributed by atoms with E-state index in [0.717, 1.165) is 31.6 Å². The standard InChI is InChI=1S/C16H25N3O2/c1-13-5-3-9-19(15(13)11-17)16(20)7-4-10-21-14-6-2-8-18-12-14/h2,6,8,12-13,15H,3-5,7,9-11,17H2,1H3/t13-,15-/m0/s1. The van der Waals surface area contributed by atoms with Gasteiger partial charge >= 0.3 is 0 Å². The Labute approximate surface area is 126 Å². The average Bonchev–Trinajstić information content (AvgIpc) is 2.52. The number of amides is 1. The Hall–Kier alpha value is -1.62. The zero-order valence-electron chi connectivity index (χ0n) is 12.7. The van der Waals surface area contributed by atoms with E-state index in [1.807, 2.05) is 17.0 Å². The van der Waals surface area contributed by atoms with E-state index in [9.17, 15) is 4.79 Å². The van der Waals surface area contributed by atoms with Crippen molar-refractivity contribution in [2.45, 2.75) is 38.6 Å². The van der Waals surface area contributed by atoms with Crippen LogP contribution in [0.1, 0.15) is 32.6 Å². The van der Waals surface area contributed by atoms with Crippen LogP contribution < -0.4 is 10.5 Å². The van der Waals surface area contributed by atoms with Crippen LogP contribution in [0.5, 0.6) is 5.75 Å². The Morgan fingerprint density at radius 1 is 1.57 bits per heavy atom. The Morgan fingerprint density at radius 3 is 3.14 bits per heavy atom. The minimum absolute atomic E-state index is 0.200. The van der Waals surface area contributed by atoms with Crippen molar-refractivity contribution in [2.24, 2.45) is 11.7 Å². The summed E-state index contributed by atoms with van der Waals surface area (Å²) in [5.74, 6) is 1.45. The molecule has 1 aromatic heterocycles. The number of hydrogen-bond acceptors (Lipinski definition) is 4. The van der Waals surface area contributed by atoms with Crippen molar-refractivity contribution in [1.29, 1.82) is 0 Å². The van der Waals surface area contributed by atoms with Gasteiger partial charge in [0.2, 0.25) is 5.91 Å². The molecule has 0 unspecified atom stereocenters. The predicted octanol–water partition coefficient (Wildman–Crippen LogP) is 1.83. The molecule has 2 atom stereocenters. The summed E-state index contributed by atoms with van der Waals surface area (Å²) in [7, 11) is 0. The molecule has 0 bridgehead atoms. The number of likely N-dealkylation sites (tertiary alicyclic amines) is 1. The minimum Gasteiger partial charge on any atom is -0.492 e. The van der Waals surface area contributed by atoms with Gasteiger partial charge in [0.05, 0.1) is 12.8 Å². The van der Waals surface area contributed by atoms with Crippen LogP contribution in [0.25, 0.3) is 0 Å². The molecule has 0 aliphatic carbocycles. The minimum atomic E-state index is 0.200. The lowest BCUT2D eigenvalue weighted by atomic mass is 9.90. The number of ether oxygens (including phenoxy) is 1. The maximum atomic E-state index is 12.3. The second-order valence-corrected chi connectivity index (χ2v) is 5.65. The van der Waals surface area contributed by atoms with E-state index >= 15 is 0 Å². The van der Waals surface area contributed by atoms with Crippen molar-refractivity contribution in [1.82, 2.24) is 9.88 Å². The van der Waals surface area contributed by atoms with Gasteiger partial charge in [-0.1, -0.05) is 6.92 Å². The first-order chi connectivity index (χ1) is 10.2. The topological polar surface area (TPSA) is 68.5 Å². The first-order valence-corrected chi connectivity index (χ1v) is 7.74. The highest BCUT2D eigenvalue weighted by Crippen LogP contribution is 2.23. The van der Waals surface area contributed by atoms with Crippen LogP contribution in [0.4, 0.5) is 0 Å². The van der Waals surface area contributed by atoms with Gasteiger partial charge in [0, 0.05) is 31.7 Å². The molecule has 0 spiro atoms. The number of carbonyl (C=O) groups excluding carboxylic acids is 1. The predicted molar refractivity (Wildman–Crippen MR) is 81.9 cm³/mol. The van der Waals surface area contributed by atoms with Crippen LogP contribution in [0.3, 0.4) is 0 Å². The van der Waals surface area contributed by atoms with Gasteiger partial charge in [-0.2, -0.15) is 0 Å². The molecule has 2 heterocycles. The van der Waals surface area contributed by atoms with Gasteiger partial charge in [-0.15, -0.1) is 0 Å². The van der Waals surface area contributed by atoms with Gasteiger partial charge in [0.25, 0.3) is 0 Å². The number of pyridine rings is 1. The largest absolute Gasteiger partial charge is 0.492 e. The molecular weight excluding hydrogens is 266 g/mol. The second-order valence-electron chi connectivity index (χ2n) is 5.65. The SMILES string of the molecule is C[C@H]1CCCN(C(=O)CCCOc2cccnc2)[C@H]1CN. The van der Waals surface area contributed by atoms with E-state index in [1.54, 1.807) is 12.4 Å². The van der Waals surface area contributed by atoms with E-state index in [0.29, 0.717) is 25.5 Å². The summed E-state index contributed by atoms with van der Waals surface area (Å²) in [5, 5.41) is 0. The van der Waals surface area contributed by atoms with Crippen LogP contribution >= 0.6 is 0 Å². The molecule has 1 saturated heterocycles. The molecular formula is C16H25N3O2. The van der Waals surface area contributed by atoms with Crippen molar-refractivity contribution in [2.75, 3.05) is 19.7 Å². The van der Waals surface area contributed by atoms with E-state index in [2.05, 4.69) is 11.9 Å². The quantitative estimate of drug-likeness (QED) is 0.812. The molecule has 2 N–H and O–H groups in total. The number of hydrogen-bond donors (Lipinski definition) is 1. The normalized spacial score (nSPS) is 22.1. The van der Waals surface area contributed by atoms with Crippen molar-refractivity contribution in [3.63, 3.8) is 0 Å². The molecule has 0 aromatic carbocycles. The fourth-order valence-electron chi connectivity index (χ4n) is 2.91. The van der Waals surface area contributed by atoms with Crippen molar-refractivity contribution in [3.8, 4) is 5.75 Å².